The van der Waals surface area contributed by atoms with Gasteiger partial charge < -0.3 is 14.8 Å². The maximum Gasteiger partial charge on any atom is 0.228 e. The van der Waals surface area contributed by atoms with Gasteiger partial charge in [-0.1, -0.05) is 30.3 Å². The molecule has 1 fully saturated rings. The van der Waals surface area contributed by atoms with Gasteiger partial charge in [0, 0.05) is 12.1 Å². The summed E-state index contributed by atoms with van der Waals surface area (Å²) >= 11 is 0. The second kappa shape index (κ2) is 9.65. The molecule has 33 heavy (non-hydrogen) atoms. The van der Waals surface area contributed by atoms with Crippen LogP contribution in [0.4, 0.5) is 5.82 Å². The highest BCUT2D eigenvalue weighted by molar-refractivity contribution is 5.91. The van der Waals surface area contributed by atoms with E-state index in [0.717, 1.165) is 50.0 Å². The lowest BCUT2D eigenvalue weighted by molar-refractivity contribution is -0.121. The first-order valence-electron chi connectivity index (χ1n) is 11.9. The van der Waals surface area contributed by atoms with Crippen molar-refractivity contribution < 1.29 is 14.3 Å². The summed E-state index contributed by atoms with van der Waals surface area (Å²) < 4.78 is 12.6. The van der Waals surface area contributed by atoms with Gasteiger partial charge in [0.2, 0.25) is 5.91 Å². The van der Waals surface area contributed by atoms with Crippen molar-refractivity contribution in [3.05, 3.63) is 83.6 Å². The molecule has 0 bridgehead atoms. The van der Waals surface area contributed by atoms with E-state index in [1.165, 1.54) is 16.7 Å². The highest BCUT2D eigenvalue weighted by Gasteiger charge is 2.28. The van der Waals surface area contributed by atoms with E-state index in [1.54, 1.807) is 6.20 Å². The smallest absolute Gasteiger partial charge is 0.228 e. The van der Waals surface area contributed by atoms with Gasteiger partial charge in [0.15, 0.2) is 0 Å². The summed E-state index contributed by atoms with van der Waals surface area (Å²) in [4.78, 5) is 16.7. The first kappa shape index (κ1) is 21.5. The van der Waals surface area contributed by atoms with E-state index in [-0.39, 0.29) is 24.0 Å². The second-order valence-electron chi connectivity index (χ2n) is 9.07. The lowest BCUT2D eigenvalue weighted by atomic mass is 9.86. The van der Waals surface area contributed by atoms with Crippen LogP contribution in [0.5, 0.6) is 11.5 Å². The number of ether oxygens (including phenoxy) is 2. The van der Waals surface area contributed by atoms with E-state index in [0.29, 0.717) is 5.82 Å². The maximum absolute atomic E-state index is 12.5. The number of pyridine rings is 1. The van der Waals surface area contributed by atoms with E-state index < -0.39 is 0 Å². The lowest BCUT2D eigenvalue weighted by Gasteiger charge is -2.30. The number of amides is 1. The van der Waals surface area contributed by atoms with Gasteiger partial charge in [0.1, 0.15) is 23.4 Å². The van der Waals surface area contributed by atoms with Gasteiger partial charge in [-0.15, -0.1) is 0 Å². The first-order chi connectivity index (χ1) is 16.2. The predicted molar refractivity (Wildman–Crippen MR) is 129 cm³/mol. The Kier molecular flexibility index (Phi) is 6.29. The third-order valence-electron chi connectivity index (χ3n) is 6.78. The molecule has 1 atom stereocenters. The normalized spacial score (nSPS) is 22.0. The van der Waals surface area contributed by atoms with Crippen LogP contribution in [0.15, 0.2) is 66.9 Å². The molecule has 0 saturated heterocycles. The van der Waals surface area contributed by atoms with Crippen LogP contribution in [0.1, 0.15) is 54.9 Å². The van der Waals surface area contributed by atoms with Crippen molar-refractivity contribution in [2.45, 2.75) is 57.7 Å². The third-order valence-corrected chi connectivity index (χ3v) is 6.78. The Morgan fingerprint density at radius 2 is 1.82 bits per heavy atom. The van der Waals surface area contributed by atoms with Crippen molar-refractivity contribution in [3.63, 3.8) is 0 Å². The average Bonchev–Trinajstić information content (AvgIpc) is 2.85. The van der Waals surface area contributed by atoms with Crippen LogP contribution in [0.3, 0.4) is 0 Å². The zero-order valence-corrected chi connectivity index (χ0v) is 19.0. The zero-order valence-electron chi connectivity index (χ0n) is 19.0. The van der Waals surface area contributed by atoms with Gasteiger partial charge in [-0.3, -0.25) is 4.79 Å². The van der Waals surface area contributed by atoms with Gasteiger partial charge >= 0.3 is 0 Å². The number of carbonyl (C=O) groups excluding carboxylic acids is 1. The van der Waals surface area contributed by atoms with Gasteiger partial charge in [0.05, 0.1) is 6.10 Å². The molecule has 1 aromatic heterocycles. The average molecular weight is 443 g/mol. The largest absolute Gasteiger partial charge is 0.490 e. The molecular weight excluding hydrogens is 412 g/mol. The number of hydrogen-bond donors (Lipinski definition) is 1. The Labute approximate surface area is 195 Å². The zero-order chi connectivity index (χ0) is 22.6. The molecular formula is C28H30N2O3. The van der Waals surface area contributed by atoms with E-state index in [2.05, 4.69) is 47.6 Å². The first-order valence-corrected chi connectivity index (χ1v) is 11.9. The van der Waals surface area contributed by atoms with Crippen molar-refractivity contribution in [2.75, 3.05) is 5.32 Å². The number of nitrogens with zero attached hydrogens (tertiary/aromatic N) is 1. The molecule has 0 spiro atoms. The fourth-order valence-corrected chi connectivity index (χ4v) is 4.91. The van der Waals surface area contributed by atoms with Gasteiger partial charge in [-0.25, -0.2) is 4.98 Å². The fraction of sp³-hybridized carbons (Fsp3) is 0.357. The summed E-state index contributed by atoms with van der Waals surface area (Å²) in [5.74, 6) is 2.54. The minimum atomic E-state index is 0.0159. The molecule has 0 radical (unpaired) electrons. The molecule has 5 rings (SSSR count). The molecule has 1 saturated carbocycles. The Morgan fingerprint density at radius 1 is 1.00 bits per heavy atom. The van der Waals surface area contributed by atoms with Crippen molar-refractivity contribution in [1.82, 2.24) is 4.98 Å². The van der Waals surface area contributed by atoms with Crippen LogP contribution in [0.2, 0.25) is 0 Å². The van der Waals surface area contributed by atoms with E-state index in [1.807, 2.05) is 30.3 Å². The lowest BCUT2D eigenvalue weighted by Crippen LogP contribution is -2.31. The minimum Gasteiger partial charge on any atom is -0.490 e. The Morgan fingerprint density at radius 3 is 2.61 bits per heavy atom. The predicted octanol–water partition coefficient (Wildman–Crippen LogP) is 6.03. The monoisotopic (exact) mass is 442 g/mol. The van der Waals surface area contributed by atoms with Gasteiger partial charge in [0.25, 0.3) is 0 Å². The Hall–Kier alpha value is -3.34. The van der Waals surface area contributed by atoms with Crippen LogP contribution in [-0.4, -0.2) is 17.0 Å². The third kappa shape index (κ3) is 5.03. The van der Waals surface area contributed by atoms with Crippen LogP contribution in [0, 0.1) is 12.8 Å². The van der Waals surface area contributed by atoms with Crippen molar-refractivity contribution in [1.29, 1.82) is 0 Å². The van der Waals surface area contributed by atoms with Crippen molar-refractivity contribution >= 4 is 11.7 Å². The van der Waals surface area contributed by atoms with Crippen LogP contribution in [0.25, 0.3) is 0 Å². The molecule has 2 aromatic carbocycles. The fourth-order valence-electron chi connectivity index (χ4n) is 4.91. The Bertz CT molecular complexity index is 1110. The number of nitrogens with one attached hydrogen (secondary N) is 1. The highest BCUT2D eigenvalue weighted by Crippen LogP contribution is 2.38. The topological polar surface area (TPSA) is 60.5 Å². The number of fused-ring (bicyclic) bond motifs is 1. The van der Waals surface area contributed by atoms with Crippen molar-refractivity contribution in [2.24, 2.45) is 5.92 Å². The SMILES string of the molecule is Cc1ccccc1C1CCc2cc(O[C@H]3CC[C@@H](C(=O)Nc4ccccn4)CC3)ccc2O1. The number of anilines is 1. The molecule has 1 aliphatic heterocycles. The minimum absolute atomic E-state index is 0.0159. The number of carbonyl (C=O) groups is 1. The maximum atomic E-state index is 12.5. The van der Waals surface area contributed by atoms with E-state index in [4.69, 9.17) is 9.47 Å². The van der Waals surface area contributed by atoms with Crippen molar-refractivity contribution in [3.8, 4) is 11.5 Å². The van der Waals surface area contributed by atoms with Gasteiger partial charge in [-0.2, -0.15) is 0 Å². The Balaban J connectivity index is 1.15. The summed E-state index contributed by atoms with van der Waals surface area (Å²) in [5, 5.41) is 2.92. The molecule has 2 aliphatic rings. The molecule has 2 heterocycles. The quantitative estimate of drug-likeness (QED) is 0.524. The molecule has 1 aliphatic carbocycles. The summed E-state index contributed by atoms with van der Waals surface area (Å²) in [6.45, 7) is 2.14. The second-order valence-corrected chi connectivity index (χ2v) is 9.07. The van der Waals surface area contributed by atoms with E-state index >= 15 is 0 Å². The molecule has 1 unspecified atom stereocenters. The molecule has 1 amide bonds. The number of aromatic nitrogens is 1. The van der Waals surface area contributed by atoms with E-state index in [9.17, 15) is 4.79 Å². The number of hydrogen-bond acceptors (Lipinski definition) is 4. The van der Waals surface area contributed by atoms with Crippen LogP contribution >= 0.6 is 0 Å². The molecule has 3 aromatic rings. The number of rotatable bonds is 5. The molecule has 5 heteroatoms. The molecule has 1 N–H and O–H groups in total. The van der Waals surface area contributed by atoms with Crippen LogP contribution < -0.4 is 14.8 Å². The number of aryl methyl sites for hydroxylation is 2. The summed E-state index contributed by atoms with van der Waals surface area (Å²) in [5.41, 5.74) is 3.75. The standard InChI is InChI=1S/C28H30N2O3/c1-19-6-2-3-7-24(19)26-15-11-21-18-23(14-16-25(21)33-26)32-22-12-9-20(10-13-22)28(31)30-27-8-4-5-17-29-27/h2-8,14,16-18,20,22,26H,9-13,15H2,1H3,(H,29,30,31)/t20-,22+,26?. The van der Waals surface area contributed by atoms with Crippen LogP contribution in [-0.2, 0) is 11.2 Å². The highest BCUT2D eigenvalue weighted by atomic mass is 16.5. The summed E-state index contributed by atoms with van der Waals surface area (Å²) in [6, 6.07) is 20.2. The molecule has 5 nitrogen and oxygen atoms in total. The van der Waals surface area contributed by atoms with Gasteiger partial charge in [-0.05, 0) is 92.5 Å². The number of benzene rings is 2. The summed E-state index contributed by atoms with van der Waals surface area (Å²) in [7, 11) is 0. The summed E-state index contributed by atoms with van der Waals surface area (Å²) in [6.07, 6.45) is 7.30. The molecule has 170 valence electrons.